The molecular formula is C10H19N3O4. The second kappa shape index (κ2) is 6.97. The lowest BCUT2D eigenvalue weighted by Crippen LogP contribution is -2.56. The fraction of sp³-hybridized carbons (Fsp3) is 0.700. The van der Waals surface area contributed by atoms with Crippen LogP contribution in [0, 0.1) is 0 Å². The predicted octanol–water partition coefficient (Wildman–Crippen LogP) is -2.10. The number of aliphatic hydroxyl groups excluding tert-OH is 1. The molecule has 17 heavy (non-hydrogen) atoms. The summed E-state index contributed by atoms with van der Waals surface area (Å²) in [6.45, 7) is 4.30. The summed E-state index contributed by atoms with van der Waals surface area (Å²) in [6, 6.07) is -2.60. The Morgan fingerprint density at radius 1 is 1.18 bits per heavy atom. The summed E-state index contributed by atoms with van der Waals surface area (Å²) in [6.07, 6.45) is -0.541. The average molecular weight is 245 g/mol. The van der Waals surface area contributed by atoms with Crippen LogP contribution in [0.15, 0.2) is 0 Å². The molecule has 0 saturated carbocycles. The highest BCUT2D eigenvalue weighted by molar-refractivity contribution is 5.90. The number of aldehydes is 1. The minimum atomic E-state index is -1.13. The molecule has 98 valence electrons. The van der Waals surface area contributed by atoms with Crippen LogP contribution >= 0.6 is 0 Å². The van der Waals surface area contributed by atoms with E-state index in [0.29, 0.717) is 6.29 Å². The van der Waals surface area contributed by atoms with Crippen LogP contribution in [0.2, 0.25) is 0 Å². The van der Waals surface area contributed by atoms with E-state index >= 15 is 0 Å². The number of nitrogens with one attached hydrogen (secondary N) is 2. The summed E-state index contributed by atoms with van der Waals surface area (Å²) in [5.74, 6) is -1.18. The van der Waals surface area contributed by atoms with E-state index in [1.54, 1.807) is 0 Å². The monoisotopic (exact) mass is 245 g/mol. The highest BCUT2D eigenvalue weighted by Gasteiger charge is 2.27. The van der Waals surface area contributed by atoms with Crippen molar-refractivity contribution in [3.05, 3.63) is 0 Å². The van der Waals surface area contributed by atoms with Gasteiger partial charge in [0.2, 0.25) is 11.8 Å². The first-order valence-corrected chi connectivity index (χ1v) is 5.29. The third kappa shape index (κ3) is 5.41. The Labute approximate surface area is 99.7 Å². The fourth-order valence-electron chi connectivity index (χ4n) is 1.04. The van der Waals surface area contributed by atoms with Crippen LogP contribution in [0.1, 0.15) is 20.8 Å². The van der Waals surface area contributed by atoms with Crippen LogP contribution in [0.3, 0.4) is 0 Å². The summed E-state index contributed by atoms with van der Waals surface area (Å²) < 4.78 is 0. The van der Waals surface area contributed by atoms with Crippen LogP contribution in [0.4, 0.5) is 0 Å². The molecular weight excluding hydrogens is 226 g/mol. The van der Waals surface area contributed by atoms with E-state index in [2.05, 4.69) is 10.6 Å². The minimum Gasteiger partial charge on any atom is -0.391 e. The zero-order valence-corrected chi connectivity index (χ0v) is 10.1. The third-order valence-corrected chi connectivity index (χ3v) is 2.05. The maximum absolute atomic E-state index is 11.6. The molecule has 0 unspecified atom stereocenters. The molecule has 0 aromatic rings. The van der Waals surface area contributed by atoms with Gasteiger partial charge in [-0.05, 0) is 20.8 Å². The van der Waals surface area contributed by atoms with Gasteiger partial charge < -0.3 is 26.3 Å². The molecule has 0 aliphatic heterocycles. The summed E-state index contributed by atoms with van der Waals surface area (Å²) in [4.78, 5) is 33.3. The van der Waals surface area contributed by atoms with Gasteiger partial charge in [0.25, 0.3) is 0 Å². The van der Waals surface area contributed by atoms with Crippen molar-refractivity contribution in [2.24, 2.45) is 5.73 Å². The van der Waals surface area contributed by atoms with E-state index < -0.39 is 36.0 Å². The largest absolute Gasteiger partial charge is 0.391 e. The SMILES string of the molecule is C[C@H](N)C(=O)N[C@H](C(=O)N[C@@H](C)C=O)[C@@H](C)O. The first-order valence-electron chi connectivity index (χ1n) is 5.29. The molecule has 0 aromatic heterocycles. The molecule has 0 saturated heterocycles. The number of hydrogen-bond donors (Lipinski definition) is 4. The molecule has 0 rings (SSSR count). The molecule has 0 aromatic carbocycles. The van der Waals surface area contributed by atoms with Gasteiger partial charge in [0.05, 0.1) is 18.2 Å². The van der Waals surface area contributed by atoms with Gasteiger partial charge in [-0.15, -0.1) is 0 Å². The number of nitrogens with two attached hydrogens (primary N) is 1. The smallest absolute Gasteiger partial charge is 0.245 e. The molecule has 0 radical (unpaired) electrons. The summed E-state index contributed by atoms with van der Waals surface area (Å²) >= 11 is 0. The van der Waals surface area contributed by atoms with E-state index in [0.717, 1.165) is 0 Å². The van der Waals surface area contributed by atoms with Gasteiger partial charge in [0.15, 0.2) is 0 Å². The van der Waals surface area contributed by atoms with Gasteiger partial charge in [-0.2, -0.15) is 0 Å². The summed E-state index contributed by atoms with van der Waals surface area (Å²) in [5, 5.41) is 14.0. The van der Waals surface area contributed by atoms with E-state index in [-0.39, 0.29) is 0 Å². The van der Waals surface area contributed by atoms with Crippen molar-refractivity contribution in [3.8, 4) is 0 Å². The summed E-state index contributed by atoms with van der Waals surface area (Å²) in [5.41, 5.74) is 5.33. The van der Waals surface area contributed by atoms with Gasteiger partial charge in [0.1, 0.15) is 12.3 Å². The van der Waals surface area contributed by atoms with Crippen LogP contribution in [0.25, 0.3) is 0 Å². The minimum absolute atomic E-state index is 0.546. The van der Waals surface area contributed by atoms with E-state index in [1.807, 2.05) is 0 Å². The zero-order chi connectivity index (χ0) is 13.6. The lowest BCUT2D eigenvalue weighted by molar-refractivity contribution is -0.132. The number of aliphatic hydroxyl groups is 1. The highest BCUT2D eigenvalue weighted by Crippen LogP contribution is 1.95. The van der Waals surface area contributed by atoms with Gasteiger partial charge in [0, 0.05) is 0 Å². The lowest BCUT2D eigenvalue weighted by atomic mass is 10.1. The first-order chi connectivity index (χ1) is 7.79. The number of hydrogen-bond acceptors (Lipinski definition) is 5. The maximum atomic E-state index is 11.6. The van der Waals surface area contributed by atoms with E-state index in [4.69, 9.17) is 5.73 Å². The molecule has 0 spiro atoms. The Balaban J connectivity index is 4.57. The van der Waals surface area contributed by atoms with Crippen molar-refractivity contribution in [3.63, 3.8) is 0 Å². The molecule has 5 N–H and O–H groups in total. The molecule has 0 aliphatic rings. The second-order valence-electron chi connectivity index (χ2n) is 3.95. The Bertz CT molecular complexity index is 291. The molecule has 0 bridgehead atoms. The van der Waals surface area contributed by atoms with Crippen molar-refractivity contribution < 1.29 is 19.5 Å². The standard InChI is InChI=1S/C10H19N3O4/c1-5(4-14)12-10(17)8(7(3)15)13-9(16)6(2)11/h4-8,15H,11H2,1-3H3,(H,12,17)(H,13,16)/t5-,6-,7+,8-/m0/s1. The fourth-order valence-corrected chi connectivity index (χ4v) is 1.04. The molecule has 7 heteroatoms. The van der Waals surface area contributed by atoms with Crippen molar-refractivity contribution in [2.45, 2.75) is 45.0 Å². The van der Waals surface area contributed by atoms with Gasteiger partial charge >= 0.3 is 0 Å². The Hall–Kier alpha value is -1.47. The highest BCUT2D eigenvalue weighted by atomic mass is 16.3. The molecule has 0 fully saturated rings. The van der Waals surface area contributed by atoms with E-state index in [9.17, 15) is 19.5 Å². The molecule has 0 heterocycles. The lowest BCUT2D eigenvalue weighted by Gasteiger charge is -2.22. The average Bonchev–Trinajstić information content (AvgIpc) is 2.24. The second-order valence-corrected chi connectivity index (χ2v) is 3.95. The van der Waals surface area contributed by atoms with Crippen LogP contribution in [-0.4, -0.2) is 47.4 Å². The quantitative estimate of drug-likeness (QED) is 0.399. The van der Waals surface area contributed by atoms with Gasteiger partial charge in [-0.25, -0.2) is 0 Å². The number of rotatable bonds is 6. The maximum Gasteiger partial charge on any atom is 0.245 e. The van der Waals surface area contributed by atoms with Gasteiger partial charge in [-0.1, -0.05) is 0 Å². The predicted molar refractivity (Wildman–Crippen MR) is 60.9 cm³/mol. The molecule has 0 aliphatic carbocycles. The summed E-state index contributed by atoms with van der Waals surface area (Å²) in [7, 11) is 0. The third-order valence-electron chi connectivity index (χ3n) is 2.05. The number of carbonyl (C=O) groups is 3. The van der Waals surface area contributed by atoms with Crippen molar-refractivity contribution in [1.82, 2.24) is 10.6 Å². The van der Waals surface area contributed by atoms with Crippen LogP contribution < -0.4 is 16.4 Å². The number of carbonyl (C=O) groups excluding carboxylic acids is 3. The van der Waals surface area contributed by atoms with E-state index in [1.165, 1.54) is 20.8 Å². The molecule has 4 atom stereocenters. The number of amides is 2. The zero-order valence-electron chi connectivity index (χ0n) is 10.1. The van der Waals surface area contributed by atoms with Gasteiger partial charge in [-0.3, -0.25) is 9.59 Å². The Morgan fingerprint density at radius 3 is 2.06 bits per heavy atom. The van der Waals surface area contributed by atoms with Crippen LogP contribution in [-0.2, 0) is 14.4 Å². The Kier molecular flexibility index (Phi) is 6.37. The molecule has 7 nitrogen and oxygen atoms in total. The van der Waals surface area contributed by atoms with Crippen LogP contribution in [0.5, 0.6) is 0 Å². The Morgan fingerprint density at radius 2 is 1.71 bits per heavy atom. The first kappa shape index (κ1) is 15.5. The van der Waals surface area contributed by atoms with Crippen molar-refractivity contribution in [2.75, 3.05) is 0 Å². The van der Waals surface area contributed by atoms with Crippen molar-refractivity contribution in [1.29, 1.82) is 0 Å². The topological polar surface area (TPSA) is 122 Å². The molecule has 2 amide bonds. The van der Waals surface area contributed by atoms with Crippen molar-refractivity contribution >= 4 is 18.1 Å². The normalized spacial score (nSPS) is 17.5.